The summed E-state index contributed by atoms with van der Waals surface area (Å²) < 4.78 is 1.60. The third-order valence-corrected chi connectivity index (χ3v) is 2.41. The van der Waals surface area contributed by atoms with Gasteiger partial charge in [0.2, 0.25) is 5.78 Å². The second kappa shape index (κ2) is 5.36. The fraction of sp³-hybridized carbons (Fsp3) is 0.250. The van der Waals surface area contributed by atoms with E-state index in [0.29, 0.717) is 25.3 Å². The molecule has 0 atom stereocenters. The smallest absolute Gasteiger partial charge is 0.201 e. The van der Waals surface area contributed by atoms with E-state index < -0.39 is 0 Å². The van der Waals surface area contributed by atoms with E-state index in [0.717, 1.165) is 5.56 Å². The number of rotatable bonds is 5. The zero-order valence-electron chi connectivity index (χ0n) is 9.41. The lowest BCUT2D eigenvalue weighted by molar-refractivity contribution is 0.0970. The number of benzene rings is 1. The minimum atomic E-state index is -0.0686. The van der Waals surface area contributed by atoms with Gasteiger partial charge in [-0.3, -0.25) is 4.79 Å². The molecule has 0 saturated heterocycles. The van der Waals surface area contributed by atoms with Crippen LogP contribution in [0.1, 0.15) is 22.6 Å². The lowest BCUT2D eigenvalue weighted by atomic mass is 10.2. The molecule has 5 heteroatoms. The Hall–Kier alpha value is -2.01. The van der Waals surface area contributed by atoms with Crippen LogP contribution in [0.25, 0.3) is 0 Å². The molecule has 0 unspecified atom stereocenters. The van der Waals surface area contributed by atoms with Crippen molar-refractivity contribution in [3.63, 3.8) is 0 Å². The van der Waals surface area contributed by atoms with Crippen LogP contribution in [0.4, 0.5) is 0 Å². The minimum Gasteiger partial charge on any atom is -0.330 e. The molecule has 1 aromatic carbocycles. The number of nitrogens with zero attached hydrogens (tertiary/aromatic N) is 3. The molecule has 1 aromatic heterocycles. The van der Waals surface area contributed by atoms with Crippen molar-refractivity contribution in [1.82, 2.24) is 14.8 Å². The van der Waals surface area contributed by atoms with Crippen molar-refractivity contribution >= 4 is 5.78 Å². The number of hydrogen-bond acceptors (Lipinski definition) is 4. The molecule has 5 nitrogen and oxygen atoms in total. The fourth-order valence-electron chi connectivity index (χ4n) is 1.60. The Balaban J connectivity index is 2.17. The van der Waals surface area contributed by atoms with Gasteiger partial charge in [-0.25, -0.2) is 9.67 Å². The van der Waals surface area contributed by atoms with Crippen molar-refractivity contribution < 1.29 is 4.79 Å². The Morgan fingerprint density at radius 2 is 2.06 bits per heavy atom. The van der Waals surface area contributed by atoms with E-state index in [2.05, 4.69) is 10.1 Å². The van der Waals surface area contributed by atoms with E-state index in [1.54, 1.807) is 4.68 Å². The highest BCUT2D eigenvalue weighted by Gasteiger charge is 2.12. The maximum Gasteiger partial charge on any atom is 0.201 e. The normalized spacial score (nSPS) is 10.4. The molecule has 2 N–H and O–H groups in total. The Bertz CT molecular complexity index is 492. The van der Waals surface area contributed by atoms with Crippen molar-refractivity contribution in [3.05, 3.63) is 48.0 Å². The van der Waals surface area contributed by atoms with Crippen LogP contribution in [0, 0.1) is 0 Å². The molecule has 0 radical (unpaired) electrons. The van der Waals surface area contributed by atoms with Crippen LogP contribution >= 0.6 is 0 Å². The van der Waals surface area contributed by atoms with Crippen LogP contribution in [0.5, 0.6) is 0 Å². The molecule has 0 fully saturated rings. The summed E-state index contributed by atoms with van der Waals surface area (Å²) in [4.78, 5) is 15.7. The molecule has 1 heterocycles. The first-order valence-corrected chi connectivity index (χ1v) is 5.46. The quantitative estimate of drug-likeness (QED) is 0.773. The topological polar surface area (TPSA) is 73.8 Å². The Morgan fingerprint density at radius 3 is 2.76 bits per heavy atom. The second-order valence-corrected chi connectivity index (χ2v) is 3.69. The maximum absolute atomic E-state index is 11.7. The van der Waals surface area contributed by atoms with Crippen LogP contribution in [-0.4, -0.2) is 27.1 Å². The van der Waals surface area contributed by atoms with Crippen molar-refractivity contribution in [3.8, 4) is 0 Å². The third-order valence-electron chi connectivity index (χ3n) is 2.41. The molecule has 0 bridgehead atoms. The second-order valence-electron chi connectivity index (χ2n) is 3.69. The summed E-state index contributed by atoms with van der Waals surface area (Å²) in [5.74, 6) is 0.306. The third kappa shape index (κ3) is 2.76. The summed E-state index contributed by atoms with van der Waals surface area (Å²) in [5, 5.41) is 4.06. The first-order chi connectivity index (χ1) is 8.31. The summed E-state index contributed by atoms with van der Waals surface area (Å²) in [6.45, 7) is 0.878. The number of ketones is 1. The highest BCUT2D eigenvalue weighted by atomic mass is 16.1. The summed E-state index contributed by atoms with van der Waals surface area (Å²) in [6, 6.07) is 9.82. The molecule has 0 aliphatic heterocycles. The Morgan fingerprint density at radius 1 is 1.29 bits per heavy atom. The van der Waals surface area contributed by atoms with Crippen molar-refractivity contribution in [1.29, 1.82) is 0 Å². The van der Waals surface area contributed by atoms with E-state index in [9.17, 15) is 4.79 Å². The van der Waals surface area contributed by atoms with Gasteiger partial charge in [0, 0.05) is 6.42 Å². The molecule has 0 spiro atoms. The van der Waals surface area contributed by atoms with Crippen LogP contribution in [-0.2, 0) is 6.54 Å². The Labute approximate surface area is 99.3 Å². The highest BCUT2D eigenvalue weighted by molar-refractivity contribution is 5.92. The van der Waals surface area contributed by atoms with Crippen molar-refractivity contribution in [2.75, 3.05) is 6.54 Å². The number of hydrogen-bond donors (Lipinski definition) is 1. The lowest BCUT2D eigenvalue weighted by Gasteiger charge is -2.04. The number of carbonyl (C=O) groups excluding carboxylic acids is 1. The van der Waals surface area contributed by atoms with Gasteiger partial charge in [0.05, 0.1) is 6.54 Å². The Kier molecular flexibility index (Phi) is 3.62. The van der Waals surface area contributed by atoms with Gasteiger partial charge in [-0.05, 0) is 12.1 Å². The molecule has 17 heavy (non-hydrogen) atoms. The van der Waals surface area contributed by atoms with Gasteiger partial charge in [-0.1, -0.05) is 30.3 Å². The van der Waals surface area contributed by atoms with Crippen molar-refractivity contribution in [2.24, 2.45) is 5.73 Å². The summed E-state index contributed by atoms with van der Waals surface area (Å²) in [7, 11) is 0. The van der Waals surface area contributed by atoms with Crippen LogP contribution < -0.4 is 5.73 Å². The van der Waals surface area contributed by atoms with Gasteiger partial charge in [-0.2, -0.15) is 5.10 Å². The first-order valence-electron chi connectivity index (χ1n) is 5.46. The van der Waals surface area contributed by atoms with E-state index in [1.807, 2.05) is 30.3 Å². The summed E-state index contributed by atoms with van der Waals surface area (Å²) >= 11 is 0. The molecule has 0 aliphatic rings. The maximum atomic E-state index is 11.7. The molecular weight excluding hydrogens is 216 g/mol. The standard InChI is InChI=1S/C12H14N4O/c13-7-6-11(17)12-14-9-15-16(12)8-10-4-2-1-3-5-10/h1-5,9H,6-8,13H2. The molecule has 0 aliphatic carbocycles. The molecule has 2 aromatic rings. The fourth-order valence-corrected chi connectivity index (χ4v) is 1.60. The highest BCUT2D eigenvalue weighted by Crippen LogP contribution is 2.05. The molecule has 0 saturated carbocycles. The number of Topliss-reactive ketones (excluding diaryl/α,β-unsaturated/α-hetero) is 1. The number of aromatic nitrogens is 3. The van der Waals surface area contributed by atoms with E-state index >= 15 is 0 Å². The van der Waals surface area contributed by atoms with Crippen LogP contribution in [0.15, 0.2) is 36.7 Å². The van der Waals surface area contributed by atoms with E-state index in [4.69, 9.17) is 5.73 Å². The zero-order valence-corrected chi connectivity index (χ0v) is 9.41. The van der Waals surface area contributed by atoms with Crippen LogP contribution in [0.2, 0.25) is 0 Å². The lowest BCUT2D eigenvalue weighted by Crippen LogP contribution is -2.15. The van der Waals surface area contributed by atoms with Gasteiger partial charge in [-0.15, -0.1) is 0 Å². The van der Waals surface area contributed by atoms with Gasteiger partial charge in [0.25, 0.3) is 0 Å². The number of nitrogens with two attached hydrogens (primary N) is 1. The van der Waals surface area contributed by atoms with E-state index in [1.165, 1.54) is 6.33 Å². The first kappa shape index (κ1) is 11.5. The van der Waals surface area contributed by atoms with Crippen LogP contribution in [0.3, 0.4) is 0 Å². The molecule has 0 amide bonds. The van der Waals surface area contributed by atoms with Gasteiger partial charge in [0.15, 0.2) is 5.82 Å². The van der Waals surface area contributed by atoms with Gasteiger partial charge >= 0.3 is 0 Å². The predicted octanol–water partition coefficient (Wildman–Crippen LogP) is 0.858. The predicted molar refractivity (Wildman–Crippen MR) is 63.6 cm³/mol. The minimum absolute atomic E-state index is 0.0686. The van der Waals surface area contributed by atoms with Crippen molar-refractivity contribution in [2.45, 2.75) is 13.0 Å². The molecule has 88 valence electrons. The van der Waals surface area contributed by atoms with E-state index in [-0.39, 0.29) is 5.78 Å². The summed E-state index contributed by atoms with van der Waals surface area (Å²) in [5.41, 5.74) is 6.44. The van der Waals surface area contributed by atoms with Gasteiger partial charge in [0.1, 0.15) is 6.33 Å². The molecule has 2 rings (SSSR count). The average molecular weight is 230 g/mol. The average Bonchev–Trinajstić information content (AvgIpc) is 2.79. The monoisotopic (exact) mass is 230 g/mol. The molecular formula is C12H14N4O. The summed E-state index contributed by atoms with van der Waals surface area (Å²) in [6.07, 6.45) is 1.69. The SMILES string of the molecule is NCCC(=O)c1ncnn1Cc1ccccc1. The number of carbonyl (C=O) groups is 1. The van der Waals surface area contributed by atoms with Gasteiger partial charge < -0.3 is 5.73 Å². The zero-order chi connectivity index (χ0) is 12.1. The largest absolute Gasteiger partial charge is 0.330 e.